The number of nitrogens with zero attached hydrogens (tertiary/aromatic N) is 1. The molecule has 1 heterocycles. The molecule has 60 valence electrons. The topological polar surface area (TPSA) is 12.9 Å². The Balaban J connectivity index is 2.54. The third-order valence-electron chi connectivity index (χ3n) is 1.66. The van der Waals surface area contributed by atoms with Crippen molar-refractivity contribution in [1.29, 1.82) is 0 Å². The van der Waals surface area contributed by atoms with Gasteiger partial charge in [0.25, 0.3) is 0 Å². The van der Waals surface area contributed by atoms with Crippen LogP contribution in [0, 0.1) is 0 Å². The molecule has 0 aliphatic carbocycles. The molecule has 0 fully saturated rings. The van der Waals surface area contributed by atoms with Crippen molar-refractivity contribution in [2.75, 3.05) is 0 Å². The van der Waals surface area contributed by atoms with Crippen LogP contribution in [0.15, 0.2) is 36.9 Å². The van der Waals surface area contributed by atoms with Crippen molar-refractivity contribution in [3.63, 3.8) is 0 Å². The number of rotatable bonds is 2. The Kier molecular flexibility index (Phi) is 2.11. The van der Waals surface area contributed by atoms with E-state index in [-0.39, 0.29) is 0 Å². The first-order valence-electron chi connectivity index (χ1n) is 3.85. The molecule has 1 aromatic heterocycles. The molecule has 2 rings (SSSR count). The summed E-state index contributed by atoms with van der Waals surface area (Å²) < 4.78 is 2.69. The molecule has 0 atom stereocenters. The number of allylic oxidation sites excluding steroid dienone is 1. The van der Waals surface area contributed by atoms with Gasteiger partial charge in [0, 0.05) is 0 Å². The molecule has 0 aliphatic rings. The van der Waals surface area contributed by atoms with Gasteiger partial charge in [-0.05, 0) is 0 Å². The summed E-state index contributed by atoms with van der Waals surface area (Å²) in [6.07, 6.45) is 2.86. The van der Waals surface area contributed by atoms with Gasteiger partial charge < -0.3 is 0 Å². The second-order valence-electron chi connectivity index (χ2n) is 2.57. The monoisotopic (exact) mass is 223 g/mol. The maximum absolute atomic E-state index is 4.51. The van der Waals surface area contributed by atoms with Crippen LogP contribution in [0.3, 0.4) is 0 Å². The summed E-state index contributed by atoms with van der Waals surface area (Å²) in [7, 11) is 0. The molecule has 0 N–H and O–H groups in total. The van der Waals surface area contributed by atoms with E-state index in [1.165, 1.54) is 8.83 Å². The summed E-state index contributed by atoms with van der Waals surface area (Å²) in [5.41, 5.74) is 1.16. The van der Waals surface area contributed by atoms with Crippen molar-refractivity contribution in [2.45, 2.75) is 6.42 Å². The standard InChI is InChI=1S/C10H9NSe/c1-2-5-10-11-8-6-3-4-7-9(8)12-10/h2-4,6-7H,1,5H2. The number of aromatic nitrogens is 1. The Morgan fingerprint density at radius 2 is 2.25 bits per heavy atom. The number of hydrogen-bond donors (Lipinski definition) is 0. The molecule has 0 saturated carbocycles. The zero-order valence-corrected chi connectivity index (χ0v) is 8.37. The zero-order valence-electron chi connectivity index (χ0n) is 6.66. The first-order valence-corrected chi connectivity index (χ1v) is 5.57. The van der Waals surface area contributed by atoms with E-state index in [9.17, 15) is 0 Å². The van der Waals surface area contributed by atoms with Crippen LogP contribution >= 0.6 is 0 Å². The van der Waals surface area contributed by atoms with E-state index in [1.807, 2.05) is 12.1 Å². The molecular weight excluding hydrogens is 213 g/mol. The van der Waals surface area contributed by atoms with Gasteiger partial charge in [0.05, 0.1) is 0 Å². The van der Waals surface area contributed by atoms with Crippen LogP contribution in [0.2, 0.25) is 0 Å². The Morgan fingerprint density at radius 1 is 1.42 bits per heavy atom. The van der Waals surface area contributed by atoms with Gasteiger partial charge in [0.1, 0.15) is 0 Å². The second kappa shape index (κ2) is 3.26. The van der Waals surface area contributed by atoms with E-state index in [1.54, 1.807) is 0 Å². The summed E-state index contributed by atoms with van der Waals surface area (Å²) in [6.45, 7) is 3.72. The first-order chi connectivity index (χ1) is 5.90. The molecule has 1 nitrogen and oxygen atoms in total. The molecule has 2 aromatic rings. The molecule has 2 heteroatoms. The fourth-order valence-electron chi connectivity index (χ4n) is 1.13. The molecule has 0 amide bonds. The summed E-state index contributed by atoms with van der Waals surface area (Å²) in [5, 5.41) is 0. The predicted octanol–water partition coefficient (Wildman–Crippen LogP) is 2.02. The molecule has 0 spiro atoms. The normalized spacial score (nSPS) is 10.3. The Morgan fingerprint density at radius 3 is 3.00 bits per heavy atom. The van der Waals surface area contributed by atoms with Gasteiger partial charge in [0.2, 0.25) is 0 Å². The van der Waals surface area contributed by atoms with E-state index in [4.69, 9.17) is 0 Å². The number of fused-ring (bicyclic) bond motifs is 1. The van der Waals surface area contributed by atoms with Crippen LogP contribution in [0.5, 0.6) is 0 Å². The number of benzene rings is 1. The molecule has 0 radical (unpaired) electrons. The Bertz CT molecular complexity index is 370. The Labute approximate surface area is 77.5 Å². The van der Waals surface area contributed by atoms with Crippen molar-refractivity contribution >= 4 is 24.3 Å². The van der Waals surface area contributed by atoms with Crippen molar-refractivity contribution in [2.24, 2.45) is 0 Å². The predicted molar refractivity (Wildman–Crippen MR) is 52.6 cm³/mol. The fourth-order valence-corrected chi connectivity index (χ4v) is 3.15. The van der Waals surface area contributed by atoms with Gasteiger partial charge >= 0.3 is 77.2 Å². The molecule has 1 aromatic carbocycles. The fraction of sp³-hybridized carbons (Fsp3) is 0.100. The van der Waals surface area contributed by atoms with E-state index in [0.717, 1.165) is 11.9 Å². The molecule has 12 heavy (non-hydrogen) atoms. The van der Waals surface area contributed by atoms with E-state index in [0.29, 0.717) is 14.5 Å². The summed E-state index contributed by atoms with van der Waals surface area (Å²) in [5.74, 6) is 0. The number of para-hydroxylation sites is 1. The van der Waals surface area contributed by atoms with E-state index < -0.39 is 0 Å². The van der Waals surface area contributed by atoms with Crippen LogP contribution in [-0.2, 0) is 6.42 Å². The van der Waals surface area contributed by atoms with Gasteiger partial charge in [-0.1, -0.05) is 0 Å². The number of hydrogen-bond acceptors (Lipinski definition) is 1. The van der Waals surface area contributed by atoms with Gasteiger partial charge in [0.15, 0.2) is 0 Å². The molecular formula is C10H9NSe. The van der Waals surface area contributed by atoms with Crippen molar-refractivity contribution in [3.8, 4) is 0 Å². The van der Waals surface area contributed by atoms with Crippen LogP contribution in [0.25, 0.3) is 9.78 Å². The third kappa shape index (κ3) is 1.36. The second-order valence-corrected chi connectivity index (χ2v) is 4.91. The minimum atomic E-state index is 0.449. The minimum absolute atomic E-state index is 0.449. The van der Waals surface area contributed by atoms with Gasteiger partial charge in [-0.3, -0.25) is 0 Å². The molecule has 0 aliphatic heterocycles. The summed E-state index contributed by atoms with van der Waals surface area (Å²) in [6, 6.07) is 8.35. The molecule has 0 unspecified atom stereocenters. The van der Waals surface area contributed by atoms with Gasteiger partial charge in [-0.15, -0.1) is 0 Å². The van der Waals surface area contributed by atoms with Crippen molar-refractivity contribution < 1.29 is 0 Å². The first kappa shape index (κ1) is 7.78. The average Bonchev–Trinajstić information content (AvgIpc) is 2.47. The zero-order chi connectivity index (χ0) is 8.39. The maximum atomic E-state index is 4.51. The van der Waals surface area contributed by atoms with E-state index >= 15 is 0 Å². The molecule has 0 saturated heterocycles. The van der Waals surface area contributed by atoms with Crippen LogP contribution in [-0.4, -0.2) is 19.5 Å². The third-order valence-corrected chi connectivity index (χ3v) is 3.88. The summed E-state index contributed by atoms with van der Waals surface area (Å²) >= 11 is 0.449. The SMILES string of the molecule is C=CCc1nc2ccccc2[se]1. The molecule has 0 bridgehead atoms. The summed E-state index contributed by atoms with van der Waals surface area (Å²) in [4.78, 5) is 4.51. The van der Waals surface area contributed by atoms with Crippen LogP contribution in [0.4, 0.5) is 0 Å². The van der Waals surface area contributed by atoms with Crippen LogP contribution < -0.4 is 0 Å². The Hall–Kier alpha value is -0.851. The van der Waals surface area contributed by atoms with Crippen molar-refractivity contribution in [3.05, 3.63) is 41.5 Å². The van der Waals surface area contributed by atoms with E-state index in [2.05, 4.69) is 29.8 Å². The van der Waals surface area contributed by atoms with Crippen molar-refractivity contribution in [1.82, 2.24) is 4.98 Å². The van der Waals surface area contributed by atoms with Gasteiger partial charge in [-0.2, -0.15) is 0 Å². The van der Waals surface area contributed by atoms with Gasteiger partial charge in [-0.25, -0.2) is 0 Å². The quantitative estimate of drug-likeness (QED) is 0.559. The average molecular weight is 222 g/mol. The van der Waals surface area contributed by atoms with Crippen LogP contribution in [0.1, 0.15) is 4.57 Å².